The summed E-state index contributed by atoms with van der Waals surface area (Å²) in [4.78, 5) is 12.7. The highest BCUT2D eigenvalue weighted by Gasteiger charge is 2.27. The number of nitrogens with one attached hydrogen (secondary N) is 1. The van der Waals surface area contributed by atoms with Crippen molar-refractivity contribution >= 4 is 5.78 Å². The van der Waals surface area contributed by atoms with Gasteiger partial charge >= 0.3 is 0 Å². The summed E-state index contributed by atoms with van der Waals surface area (Å²) in [6.45, 7) is 6.21. The first-order valence-electron chi connectivity index (χ1n) is 7.32. The lowest BCUT2D eigenvalue weighted by Gasteiger charge is -2.28. The van der Waals surface area contributed by atoms with Gasteiger partial charge in [0, 0.05) is 17.5 Å². The molecule has 1 N–H and O–H groups in total. The number of ketones is 1. The van der Waals surface area contributed by atoms with Gasteiger partial charge in [-0.2, -0.15) is 0 Å². The molecule has 0 aliphatic heterocycles. The Hall–Kier alpha value is -1.15. The summed E-state index contributed by atoms with van der Waals surface area (Å²) in [5, 5.41) is 3.32. The van der Waals surface area contributed by atoms with Crippen molar-refractivity contribution < 1.29 is 4.79 Å². The molecule has 2 nitrogen and oxygen atoms in total. The summed E-state index contributed by atoms with van der Waals surface area (Å²) >= 11 is 0. The molecule has 0 amide bonds. The lowest BCUT2D eigenvalue weighted by atomic mass is 9.79. The van der Waals surface area contributed by atoms with Gasteiger partial charge in [0.05, 0.1) is 0 Å². The number of rotatable bonds is 3. The van der Waals surface area contributed by atoms with Gasteiger partial charge in [0.2, 0.25) is 0 Å². The molecule has 1 aliphatic carbocycles. The number of aryl methyl sites for hydroxylation is 3. The molecule has 0 unspecified atom stereocenters. The molecule has 1 aromatic carbocycles. The fourth-order valence-electron chi connectivity index (χ4n) is 3.42. The summed E-state index contributed by atoms with van der Waals surface area (Å²) in [6, 6.07) is 4.85. The second-order valence-corrected chi connectivity index (χ2v) is 5.98. The van der Waals surface area contributed by atoms with E-state index in [0.29, 0.717) is 11.8 Å². The maximum Gasteiger partial charge on any atom is 0.166 e. The fourth-order valence-corrected chi connectivity index (χ4v) is 3.42. The molecule has 0 bridgehead atoms. The molecule has 1 saturated carbocycles. The maximum atomic E-state index is 12.7. The first-order chi connectivity index (χ1) is 9.02. The molecule has 1 aliphatic rings. The number of carbonyl (C=O) groups is 1. The van der Waals surface area contributed by atoms with E-state index in [1.54, 1.807) is 0 Å². The second kappa shape index (κ2) is 5.87. The fraction of sp³-hybridized carbons (Fsp3) is 0.588. The van der Waals surface area contributed by atoms with Crippen molar-refractivity contribution in [3.8, 4) is 0 Å². The summed E-state index contributed by atoms with van der Waals surface area (Å²) in [6.07, 6.45) is 4.29. The Balaban J connectivity index is 2.17. The number of Topliss-reactive ketones (excluding diaryl/α,β-unsaturated/α-hetero) is 1. The van der Waals surface area contributed by atoms with Gasteiger partial charge in [-0.05, 0) is 64.6 Å². The van der Waals surface area contributed by atoms with Gasteiger partial charge in [0.15, 0.2) is 5.78 Å². The molecular weight excluding hydrogens is 234 g/mol. The number of hydrogen-bond acceptors (Lipinski definition) is 2. The van der Waals surface area contributed by atoms with Gasteiger partial charge in [-0.15, -0.1) is 0 Å². The van der Waals surface area contributed by atoms with Gasteiger partial charge in [-0.25, -0.2) is 0 Å². The summed E-state index contributed by atoms with van der Waals surface area (Å²) < 4.78 is 0. The highest BCUT2D eigenvalue weighted by Crippen LogP contribution is 2.29. The second-order valence-electron chi connectivity index (χ2n) is 5.98. The van der Waals surface area contributed by atoms with Crippen LogP contribution in [0.1, 0.15) is 52.7 Å². The Morgan fingerprint density at radius 3 is 2.05 bits per heavy atom. The van der Waals surface area contributed by atoms with E-state index < -0.39 is 0 Å². The van der Waals surface area contributed by atoms with Crippen LogP contribution in [-0.2, 0) is 0 Å². The third-order valence-corrected chi connectivity index (χ3v) is 4.43. The van der Waals surface area contributed by atoms with Gasteiger partial charge in [-0.3, -0.25) is 4.79 Å². The summed E-state index contributed by atoms with van der Waals surface area (Å²) in [7, 11) is 2.01. The molecule has 1 aromatic rings. The monoisotopic (exact) mass is 259 g/mol. The first-order valence-corrected chi connectivity index (χ1v) is 7.32. The molecule has 104 valence electrons. The van der Waals surface area contributed by atoms with Crippen LogP contribution in [0.5, 0.6) is 0 Å². The van der Waals surface area contributed by atoms with E-state index in [1.165, 1.54) is 5.56 Å². The zero-order valence-corrected chi connectivity index (χ0v) is 12.5. The standard InChI is InChI=1S/C17H25NO/c1-11-9-12(2)16(13(3)10-11)17(19)14-5-7-15(18-4)8-6-14/h9-10,14-15,18H,5-8H2,1-4H3. The van der Waals surface area contributed by atoms with Gasteiger partial charge in [0.1, 0.15) is 0 Å². The third kappa shape index (κ3) is 3.06. The summed E-state index contributed by atoms with van der Waals surface area (Å²) in [5.74, 6) is 0.592. The van der Waals surface area contributed by atoms with Crippen LogP contribution < -0.4 is 5.32 Å². The zero-order valence-electron chi connectivity index (χ0n) is 12.5. The van der Waals surface area contributed by atoms with Crippen molar-refractivity contribution in [2.75, 3.05) is 7.05 Å². The van der Waals surface area contributed by atoms with Gasteiger partial charge in [0.25, 0.3) is 0 Å². The van der Waals surface area contributed by atoms with E-state index in [2.05, 4.69) is 38.2 Å². The van der Waals surface area contributed by atoms with Gasteiger partial charge in [-0.1, -0.05) is 17.7 Å². The van der Waals surface area contributed by atoms with Crippen molar-refractivity contribution in [1.29, 1.82) is 0 Å². The lowest BCUT2D eigenvalue weighted by molar-refractivity contribution is 0.0879. The Bertz CT molecular complexity index is 447. The van der Waals surface area contributed by atoms with Gasteiger partial charge < -0.3 is 5.32 Å². The van der Waals surface area contributed by atoms with Crippen molar-refractivity contribution in [2.45, 2.75) is 52.5 Å². The minimum Gasteiger partial charge on any atom is -0.317 e. The number of hydrogen-bond donors (Lipinski definition) is 1. The molecule has 19 heavy (non-hydrogen) atoms. The van der Waals surface area contributed by atoms with Crippen LogP contribution in [0.15, 0.2) is 12.1 Å². The van der Waals surface area contributed by atoms with Crippen LogP contribution in [-0.4, -0.2) is 18.9 Å². The van der Waals surface area contributed by atoms with Crippen molar-refractivity contribution in [3.05, 3.63) is 34.4 Å². The van der Waals surface area contributed by atoms with E-state index >= 15 is 0 Å². The summed E-state index contributed by atoms with van der Waals surface area (Å²) in [5.41, 5.74) is 4.49. The Kier molecular flexibility index (Phi) is 4.41. The van der Waals surface area contributed by atoms with Crippen LogP contribution in [0.2, 0.25) is 0 Å². The maximum absolute atomic E-state index is 12.7. The molecule has 1 fully saturated rings. The predicted octanol–water partition coefficient (Wildman–Crippen LogP) is 3.57. The van der Waals surface area contributed by atoms with E-state index in [-0.39, 0.29) is 5.92 Å². The van der Waals surface area contributed by atoms with Crippen LogP contribution in [0.25, 0.3) is 0 Å². The highest BCUT2D eigenvalue weighted by molar-refractivity contribution is 6.00. The molecule has 0 spiro atoms. The van der Waals surface area contributed by atoms with Crippen LogP contribution in [0.4, 0.5) is 0 Å². The molecule has 0 atom stereocenters. The molecule has 0 saturated heterocycles. The average molecular weight is 259 g/mol. The van der Waals surface area contributed by atoms with E-state index in [4.69, 9.17) is 0 Å². The van der Waals surface area contributed by atoms with Crippen LogP contribution >= 0.6 is 0 Å². The topological polar surface area (TPSA) is 29.1 Å². The Morgan fingerprint density at radius 2 is 1.58 bits per heavy atom. The van der Waals surface area contributed by atoms with Crippen molar-refractivity contribution in [3.63, 3.8) is 0 Å². The SMILES string of the molecule is CNC1CCC(C(=O)c2c(C)cc(C)cc2C)CC1. The number of carbonyl (C=O) groups excluding carboxylic acids is 1. The Labute approximate surface area is 116 Å². The number of benzene rings is 1. The smallest absolute Gasteiger partial charge is 0.166 e. The van der Waals surface area contributed by atoms with Crippen molar-refractivity contribution in [1.82, 2.24) is 5.32 Å². The highest BCUT2D eigenvalue weighted by atomic mass is 16.1. The lowest BCUT2D eigenvalue weighted by Crippen LogP contribution is -2.32. The van der Waals surface area contributed by atoms with E-state index in [1.807, 2.05) is 7.05 Å². The molecule has 2 rings (SSSR count). The largest absolute Gasteiger partial charge is 0.317 e. The zero-order chi connectivity index (χ0) is 14.0. The quantitative estimate of drug-likeness (QED) is 0.841. The molecule has 0 aromatic heterocycles. The van der Waals surface area contributed by atoms with E-state index in [9.17, 15) is 4.79 Å². The minimum absolute atomic E-state index is 0.227. The molecular formula is C17H25NO. The average Bonchev–Trinajstić information content (AvgIpc) is 2.37. The normalized spacial score (nSPS) is 23.4. The van der Waals surface area contributed by atoms with Crippen LogP contribution in [0, 0.1) is 26.7 Å². The predicted molar refractivity (Wildman–Crippen MR) is 79.8 cm³/mol. The molecule has 2 heteroatoms. The Morgan fingerprint density at radius 1 is 1.05 bits per heavy atom. The van der Waals surface area contributed by atoms with E-state index in [0.717, 1.165) is 42.4 Å². The molecule has 0 heterocycles. The minimum atomic E-state index is 0.227. The first kappa shape index (κ1) is 14.3. The van der Waals surface area contributed by atoms with Crippen LogP contribution in [0.3, 0.4) is 0 Å². The molecule has 0 radical (unpaired) electrons. The third-order valence-electron chi connectivity index (χ3n) is 4.43. The van der Waals surface area contributed by atoms with Crippen molar-refractivity contribution in [2.24, 2.45) is 5.92 Å².